The van der Waals surface area contributed by atoms with Crippen molar-refractivity contribution in [2.45, 2.75) is 13.8 Å². The summed E-state index contributed by atoms with van der Waals surface area (Å²) in [6.07, 6.45) is 3.08. The SMILES string of the molecule is Cc1sc(NC(=O)C=Cc2ccccc2)c(C(=O)O)c1C. The predicted molar refractivity (Wildman–Crippen MR) is 84.9 cm³/mol. The van der Waals surface area contributed by atoms with Crippen molar-refractivity contribution >= 4 is 34.3 Å². The molecule has 1 aromatic heterocycles. The summed E-state index contributed by atoms with van der Waals surface area (Å²) in [5.41, 5.74) is 1.76. The molecule has 0 saturated carbocycles. The van der Waals surface area contributed by atoms with Crippen LogP contribution >= 0.6 is 11.3 Å². The Balaban J connectivity index is 2.15. The first-order valence-electron chi connectivity index (χ1n) is 6.36. The zero-order valence-electron chi connectivity index (χ0n) is 11.7. The lowest BCUT2D eigenvalue weighted by Gasteiger charge is -2.01. The summed E-state index contributed by atoms with van der Waals surface area (Å²) in [6, 6.07) is 9.42. The van der Waals surface area contributed by atoms with Crippen molar-refractivity contribution in [2.24, 2.45) is 0 Å². The molecule has 108 valence electrons. The Kier molecular flexibility index (Phi) is 4.55. The van der Waals surface area contributed by atoms with Gasteiger partial charge in [-0.1, -0.05) is 30.3 Å². The maximum absolute atomic E-state index is 11.9. The zero-order valence-corrected chi connectivity index (χ0v) is 12.5. The number of benzene rings is 1. The van der Waals surface area contributed by atoms with Crippen molar-refractivity contribution < 1.29 is 14.7 Å². The van der Waals surface area contributed by atoms with E-state index in [0.29, 0.717) is 10.6 Å². The number of aromatic carboxylic acids is 1. The molecule has 0 bridgehead atoms. The summed E-state index contributed by atoms with van der Waals surface area (Å²) < 4.78 is 0. The molecule has 0 spiro atoms. The molecule has 2 aromatic rings. The number of carbonyl (C=O) groups is 2. The second kappa shape index (κ2) is 6.37. The molecule has 0 unspecified atom stereocenters. The third-order valence-electron chi connectivity index (χ3n) is 3.06. The van der Waals surface area contributed by atoms with Crippen molar-refractivity contribution in [2.75, 3.05) is 5.32 Å². The summed E-state index contributed by atoms with van der Waals surface area (Å²) in [4.78, 5) is 24.0. The standard InChI is InChI=1S/C16H15NO3S/c1-10-11(2)21-15(14(10)16(19)20)17-13(18)9-8-12-6-4-3-5-7-12/h3-9H,1-2H3,(H,17,18)(H,19,20). The van der Waals surface area contributed by atoms with Gasteiger partial charge in [0.1, 0.15) is 5.00 Å². The number of carboxylic acid groups (broad SMARTS) is 1. The monoisotopic (exact) mass is 301 g/mol. The highest BCUT2D eigenvalue weighted by Crippen LogP contribution is 2.32. The Labute approximate surface area is 126 Å². The minimum absolute atomic E-state index is 0.166. The summed E-state index contributed by atoms with van der Waals surface area (Å²) in [5, 5.41) is 12.2. The fourth-order valence-corrected chi connectivity index (χ4v) is 2.92. The van der Waals surface area contributed by atoms with Gasteiger partial charge in [0.25, 0.3) is 0 Å². The Bertz CT molecular complexity index is 702. The third-order valence-corrected chi connectivity index (χ3v) is 4.19. The lowest BCUT2D eigenvalue weighted by molar-refractivity contribution is -0.111. The van der Waals surface area contributed by atoms with E-state index in [4.69, 9.17) is 0 Å². The molecule has 1 amide bonds. The normalized spacial score (nSPS) is 10.8. The number of carbonyl (C=O) groups excluding carboxylic acids is 1. The van der Waals surface area contributed by atoms with Crippen LogP contribution in [0, 0.1) is 13.8 Å². The average molecular weight is 301 g/mol. The number of nitrogens with one attached hydrogen (secondary N) is 1. The fourth-order valence-electron chi connectivity index (χ4n) is 1.86. The van der Waals surface area contributed by atoms with Crippen LogP contribution in [0.5, 0.6) is 0 Å². The van der Waals surface area contributed by atoms with E-state index >= 15 is 0 Å². The number of anilines is 1. The second-order valence-electron chi connectivity index (χ2n) is 4.53. The molecule has 0 aliphatic rings. The molecule has 0 saturated heterocycles. The lowest BCUT2D eigenvalue weighted by Crippen LogP contribution is -2.10. The first-order valence-corrected chi connectivity index (χ1v) is 7.18. The summed E-state index contributed by atoms with van der Waals surface area (Å²) in [6.45, 7) is 3.58. The molecule has 1 aromatic carbocycles. The Morgan fingerprint density at radius 3 is 2.48 bits per heavy atom. The largest absolute Gasteiger partial charge is 0.478 e. The first kappa shape index (κ1) is 15.0. The summed E-state index contributed by atoms with van der Waals surface area (Å²) in [5.74, 6) is -1.37. The van der Waals surface area contributed by atoms with Crippen molar-refractivity contribution in [3.8, 4) is 0 Å². The van der Waals surface area contributed by atoms with Gasteiger partial charge in [0.15, 0.2) is 0 Å². The number of hydrogen-bond acceptors (Lipinski definition) is 3. The molecule has 4 nitrogen and oxygen atoms in total. The van der Waals surface area contributed by atoms with Crippen LogP contribution in [0.2, 0.25) is 0 Å². The van der Waals surface area contributed by atoms with E-state index < -0.39 is 5.97 Å². The minimum Gasteiger partial charge on any atom is -0.478 e. The van der Waals surface area contributed by atoms with Gasteiger partial charge in [-0.15, -0.1) is 11.3 Å². The third kappa shape index (κ3) is 3.58. The van der Waals surface area contributed by atoms with E-state index in [2.05, 4.69) is 5.32 Å². The number of aryl methyl sites for hydroxylation is 1. The fraction of sp³-hybridized carbons (Fsp3) is 0.125. The van der Waals surface area contributed by atoms with Crippen LogP contribution < -0.4 is 5.32 Å². The molecular formula is C16H15NO3S. The van der Waals surface area contributed by atoms with Crippen LogP contribution in [0.1, 0.15) is 26.4 Å². The smallest absolute Gasteiger partial charge is 0.338 e. The molecule has 2 rings (SSSR count). The van der Waals surface area contributed by atoms with Gasteiger partial charge in [0, 0.05) is 11.0 Å². The Morgan fingerprint density at radius 1 is 1.19 bits per heavy atom. The van der Waals surface area contributed by atoms with Crippen LogP contribution in [-0.2, 0) is 4.79 Å². The Morgan fingerprint density at radius 2 is 1.86 bits per heavy atom. The van der Waals surface area contributed by atoms with Crippen LogP contribution in [0.15, 0.2) is 36.4 Å². The quantitative estimate of drug-likeness (QED) is 0.846. The van der Waals surface area contributed by atoms with Gasteiger partial charge in [0.2, 0.25) is 5.91 Å². The van der Waals surface area contributed by atoms with Crippen LogP contribution in [-0.4, -0.2) is 17.0 Å². The number of rotatable bonds is 4. The zero-order chi connectivity index (χ0) is 15.4. The molecule has 0 atom stereocenters. The first-order chi connectivity index (χ1) is 9.99. The van der Waals surface area contributed by atoms with Crippen molar-refractivity contribution in [3.05, 3.63) is 58.0 Å². The number of thiophene rings is 1. The van der Waals surface area contributed by atoms with E-state index in [1.165, 1.54) is 17.4 Å². The lowest BCUT2D eigenvalue weighted by atomic mass is 10.1. The highest BCUT2D eigenvalue weighted by Gasteiger charge is 2.19. The van der Waals surface area contributed by atoms with E-state index in [9.17, 15) is 14.7 Å². The van der Waals surface area contributed by atoms with Gasteiger partial charge in [-0.2, -0.15) is 0 Å². The van der Waals surface area contributed by atoms with Gasteiger partial charge >= 0.3 is 5.97 Å². The molecule has 5 heteroatoms. The summed E-state index contributed by atoms with van der Waals surface area (Å²) in [7, 11) is 0. The van der Waals surface area contributed by atoms with Gasteiger partial charge in [0.05, 0.1) is 5.56 Å². The van der Waals surface area contributed by atoms with Gasteiger partial charge in [-0.3, -0.25) is 4.79 Å². The van der Waals surface area contributed by atoms with Gasteiger partial charge in [-0.25, -0.2) is 4.79 Å². The Hall–Kier alpha value is -2.40. The van der Waals surface area contributed by atoms with Crippen molar-refractivity contribution in [3.63, 3.8) is 0 Å². The van der Waals surface area contributed by atoms with Crippen LogP contribution in [0.4, 0.5) is 5.00 Å². The number of amides is 1. The highest BCUT2D eigenvalue weighted by molar-refractivity contribution is 7.16. The van der Waals surface area contributed by atoms with E-state index in [0.717, 1.165) is 10.4 Å². The molecule has 0 fully saturated rings. The molecule has 21 heavy (non-hydrogen) atoms. The van der Waals surface area contributed by atoms with Gasteiger partial charge < -0.3 is 10.4 Å². The van der Waals surface area contributed by atoms with Crippen molar-refractivity contribution in [1.82, 2.24) is 0 Å². The molecule has 0 aliphatic heterocycles. The van der Waals surface area contributed by atoms with Gasteiger partial charge in [-0.05, 0) is 31.1 Å². The molecule has 1 heterocycles. The van der Waals surface area contributed by atoms with Crippen LogP contribution in [0.25, 0.3) is 6.08 Å². The number of carboxylic acids is 1. The van der Waals surface area contributed by atoms with Crippen LogP contribution in [0.3, 0.4) is 0 Å². The van der Waals surface area contributed by atoms with Crippen molar-refractivity contribution in [1.29, 1.82) is 0 Å². The molecule has 0 aliphatic carbocycles. The minimum atomic E-state index is -1.03. The molecule has 0 radical (unpaired) electrons. The van der Waals surface area contributed by atoms with E-state index in [1.807, 2.05) is 37.3 Å². The maximum Gasteiger partial charge on any atom is 0.338 e. The topological polar surface area (TPSA) is 66.4 Å². The summed E-state index contributed by atoms with van der Waals surface area (Å²) >= 11 is 1.27. The molecular weight excluding hydrogens is 286 g/mol. The second-order valence-corrected chi connectivity index (χ2v) is 5.75. The highest BCUT2D eigenvalue weighted by atomic mass is 32.1. The van der Waals surface area contributed by atoms with E-state index in [1.54, 1.807) is 13.0 Å². The number of hydrogen-bond donors (Lipinski definition) is 2. The van der Waals surface area contributed by atoms with E-state index in [-0.39, 0.29) is 11.5 Å². The molecule has 2 N–H and O–H groups in total. The average Bonchev–Trinajstić information content (AvgIpc) is 2.72. The predicted octanol–water partition coefficient (Wildman–Crippen LogP) is 3.72. The maximum atomic E-state index is 11.9.